The lowest BCUT2D eigenvalue weighted by Gasteiger charge is -2.30. The predicted molar refractivity (Wildman–Crippen MR) is 179 cm³/mol. The fourth-order valence-corrected chi connectivity index (χ4v) is 5.79. The quantitative estimate of drug-likeness (QED) is 0.240. The molecule has 2 amide bonds. The van der Waals surface area contributed by atoms with Crippen molar-refractivity contribution in [1.82, 2.24) is 15.3 Å². The van der Waals surface area contributed by atoms with Crippen molar-refractivity contribution in [3.8, 4) is 10.4 Å². The van der Waals surface area contributed by atoms with Crippen LogP contribution in [0.25, 0.3) is 22.6 Å². The minimum absolute atomic E-state index is 0.0720. The van der Waals surface area contributed by atoms with Crippen LogP contribution in [0.15, 0.2) is 48.6 Å². The second-order valence-electron chi connectivity index (χ2n) is 13.0. The number of nitrogens with zero attached hydrogens (tertiary/aromatic N) is 3. The molecule has 0 aliphatic heterocycles. The van der Waals surface area contributed by atoms with Gasteiger partial charge in [0, 0.05) is 18.3 Å². The van der Waals surface area contributed by atoms with Crippen molar-refractivity contribution in [2.24, 2.45) is 5.92 Å². The Bertz CT molecular complexity index is 1640. The van der Waals surface area contributed by atoms with Gasteiger partial charge < -0.3 is 14.8 Å². The van der Waals surface area contributed by atoms with E-state index in [1.165, 1.54) is 28.5 Å². The number of carbonyl (C=O) groups is 2. The van der Waals surface area contributed by atoms with Crippen LogP contribution in [0, 0.1) is 11.9 Å². The fourth-order valence-electron chi connectivity index (χ4n) is 4.69. The largest absolute Gasteiger partial charge is 0.444 e. The van der Waals surface area contributed by atoms with Gasteiger partial charge in [-0.15, -0.1) is 0 Å². The van der Waals surface area contributed by atoms with E-state index in [1.54, 1.807) is 53.8 Å². The first-order chi connectivity index (χ1) is 21.5. The minimum Gasteiger partial charge on any atom is -0.444 e. The number of allylic oxidation sites excluding steroid dienone is 2. The van der Waals surface area contributed by atoms with E-state index in [0.717, 1.165) is 21.6 Å². The van der Waals surface area contributed by atoms with Crippen LogP contribution in [0.1, 0.15) is 71.6 Å². The Morgan fingerprint density at radius 1 is 1.04 bits per heavy atom. The molecule has 2 unspecified atom stereocenters. The summed E-state index contributed by atoms with van der Waals surface area (Å²) in [6.07, 6.45) is 7.74. The van der Waals surface area contributed by atoms with Gasteiger partial charge in [0.05, 0.1) is 22.5 Å². The summed E-state index contributed by atoms with van der Waals surface area (Å²) in [6.45, 7) is 12.3. The third-order valence-corrected chi connectivity index (χ3v) is 8.10. The van der Waals surface area contributed by atoms with E-state index in [0.29, 0.717) is 17.1 Å². The Kier molecular flexibility index (Phi) is 10.9. The van der Waals surface area contributed by atoms with Crippen molar-refractivity contribution < 1.29 is 27.8 Å². The smallest absolute Gasteiger partial charge is 0.416 e. The monoisotopic (exact) mass is 672 g/mol. The van der Waals surface area contributed by atoms with Gasteiger partial charge in [-0.3, -0.25) is 4.90 Å². The highest BCUT2D eigenvalue weighted by Crippen LogP contribution is 2.36. The first-order valence-corrected chi connectivity index (χ1v) is 16.2. The number of pyridine rings is 1. The molecular weight excluding hydrogens is 634 g/mol. The molecule has 46 heavy (non-hydrogen) atoms. The number of hydrogen-bond acceptors (Lipinski definition) is 7. The van der Waals surface area contributed by atoms with Gasteiger partial charge in [-0.25, -0.2) is 23.9 Å². The second kappa shape index (κ2) is 14.3. The number of hydrogen-bond donors (Lipinski definition) is 1. The molecule has 4 rings (SSSR count). The molecule has 12 heteroatoms. The van der Waals surface area contributed by atoms with Crippen LogP contribution in [0.5, 0.6) is 0 Å². The molecule has 1 aliphatic carbocycles. The Hall–Kier alpha value is -3.83. The van der Waals surface area contributed by atoms with Crippen molar-refractivity contribution in [1.29, 1.82) is 0 Å². The molecule has 1 aromatic carbocycles. The van der Waals surface area contributed by atoms with Crippen LogP contribution in [0.3, 0.4) is 0 Å². The number of fused-ring (bicyclic) bond motifs is 1. The number of benzene rings is 1. The third kappa shape index (κ3) is 9.59. The zero-order valence-corrected chi connectivity index (χ0v) is 28.6. The van der Waals surface area contributed by atoms with Gasteiger partial charge in [0.25, 0.3) is 0 Å². The van der Waals surface area contributed by atoms with Crippen LogP contribution in [0.4, 0.5) is 23.5 Å². The number of nitrogens with one attached hydrogen (secondary N) is 1. The van der Waals surface area contributed by atoms with Gasteiger partial charge in [-0.05, 0) is 94.8 Å². The summed E-state index contributed by atoms with van der Waals surface area (Å²) in [5, 5.41) is 2.97. The highest BCUT2D eigenvalue weighted by molar-refractivity contribution is 7.19. The molecular formula is C34H39ClF2N4O4S. The number of anilines is 1. The molecule has 0 spiro atoms. The molecule has 0 bridgehead atoms. The molecule has 246 valence electrons. The zero-order chi connectivity index (χ0) is 33.8. The molecule has 2 atom stereocenters. The van der Waals surface area contributed by atoms with Gasteiger partial charge in [0.2, 0.25) is 5.95 Å². The summed E-state index contributed by atoms with van der Waals surface area (Å²) in [5.74, 6) is -1.28. The van der Waals surface area contributed by atoms with Crippen molar-refractivity contribution in [2.45, 2.75) is 78.6 Å². The number of alkyl carbamates (subject to hydrolysis) is 1. The van der Waals surface area contributed by atoms with Gasteiger partial charge >= 0.3 is 12.2 Å². The number of rotatable bonds is 8. The lowest BCUT2D eigenvalue weighted by molar-refractivity contribution is 0.0486. The molecule has 0 fully saturated rings. The number of amides is 2. The number of carbonyl (C=O) groups excluding carboxylic acids is 2. The molecule has 0 saturated carbocycles. The van der Waals surface area contributed by atoms with Crippen LogP contribution < -0.4 is 10.2 Å². The van der Waals surface area contributed by atoms with E-state index in [1.807, 2.05) is 37.3 Å². The van der Waals surface area contributed by atoms with Crippen LogP contribution >= 0.6 is 22.9 Å². The van der Waals surface area contributed by atoms with Gasteiger partial charge in [0.15, 0.2) is 5.13 Å². The predicted octanol–water partition coefficient (Wildman–Crippen LogP) is 9.24. The maximum absolute atomic E-state index is 14.8. The molecule has 2 heterocycles. The molecule has 0 saturated heterocycles. The maximum Gasteiger partial charge on any atom is 0.416 e. The van der Waals surface area contributed by atoms with Crippen LogP contribution in [-0.4, -0.2) is 45.9 Å². The Morgan fingerprint density at radius 2 is 1.76 bits per heavy atom. The maximum atomic E-state index is 14.8. The number of thiazole rings is 1. The number of aromatic nitrogens is 2. The molecule has 1 N–H and O–H groups in total. The van der Waals surface area contributed by atoms with E-state index in [2.05, 4.69) is 15.3 Å². The highest BCUT2D eigenvalue weighted by Gasteiger charge is 2.30. The first kappa shape index (κ1) is 35.0. The topological polar surface area (TPSA) is 93.7 Å². The van der Waals surface area contributed by atoms with Gasteiger partial charge in [-0.2, -0.15) is 4.39 Å². The Balaban J connectivity index is 1.68. The number of halogens is 3. The van der Waals surface area contributed by atoms with Crippen molar-refractivity contribution in [3.05, 3.63) is 76.2 Å². The van der Waals surface area contributed by atoms with Gasteiger partial charge in [0.1, 0.15) is 17.0 Å². The summed E-state index contributed by atoms with van der Waals surface area (Å²) in [7, 11) is 0. The van der Waals surface area contributed by atoms with Crippen molar-refractivity contribution in [2.75, 3.05) is 11.4 Å². The fraction of sp³-hybridized carbons (Fsp3) is 0.412. The Morgan fingerprint density at radius 3 is 2.41 bits per heavy atom. The summed E-state index contributed by atoms with van der Waals surface area (Å²) in [4.78, 5) is 36.8. The zero-order valence-electron chi connectivity index (χ0n) is 27.0. The second-order valence-corrected chi connectivity index (χ2v) is 14.4. The SMILES string of the molecule is CCC1C=Cc2ccc(-c3cnc(N(CC(Cc4cnc(F)c(Cl)c4)NC(=O)OC(C)(C)C)C(=O)OC(C)(C)C)s3)cc2C=C1F. The standard InChI is InChI=1S/C34H39ClF2N4O4S/c1-8-21-9-10-22-11-12-23(15-24(22)16-27(21)36)28-18-39-30(46-28)41(32(43)45-34(5,6)7)19-25(40-31(42)44-33(2,3)4)13-20-14-26(35)29(37)38-17-20/h9-12,14-18,21,25H,8,13,19H2,1-7H3,(H,40,42). The summed E-state index contributed by atoms with van der Waals surface area (Å²) in [5.41, 5.74) is 1.38. The molecule has 2 aromatic heterocycles. The average molecular weight is 673 g/mol. The van der Waals surface area contributed by atoms with E-state index >= 15 is 0 Å². The number of ether oxygens (including phenoxy) is 2. The summed E-state index contributed by atoms with van der Waals surface area (Å²) in [6, 6.07) is 6.42. The first-order valence-electron chi connectivity index (χ1n) is 15.0. The summed E-state index contributed by atoms with van der Waals surface area (Å²) < 4.78 is 39.8. The summed E-state index contributed by atoms with van der Waals surface area (Å²) >= 11 is 7.23. The van der Waals surface area contributed by atoms with Gasteiger partial charge in [-0.1, -0.05) is 54.1 Å². The van der Waals surface area contributed by atoms with E-state index < -0.39 is 35.4 Å². The normalized spacial score (nSPS) is 15.3. The Labute approximate surface area is 277 Å². The van der Waals surface area contributed by atoms with Crippen molar-refractivity contribution >= 4 is 52.4 Å². The average Bonchev–Trinajstić information content (AvgIpc) is 3.36. The van der Waals surface area contributed by atoms with E-state index in [4.69, 9.17) is 21.1 Å². The van der Waals surface area contributed by atoms with Crippen molar-refractivity contribution in [3.63, 3.8) is 0 Å². The lowest BCUT2D eigenvalue weighted by atomic mass is 10.0. The van der Waals surface area contributed by atoms with Crippen LogP contribution in [-0.2, 0) is 15.9 Å². The molecule has 3 aromatic rings. The minimum atomic E-state index is -0.824. The molecule has 0 radical (unpaired) electrons. The molecule has 8 nitrogen and oxygen atoms in total. The third-order valence-electron chi connectivity index (χ3n) is 6.76. The lowest BCUT2D eigenvalue weighted by Crippen LogP contribution is -2.49. The highest BCUT2D eigenvalue weighted by atomic mass is 35.5. The van der Waals surface area contributed by atoms with E-state index in [9.17, 15) is 18.4 Å². The van der Waals surface area contributed by atoms with Crippen LogP contribution in [0.2, 0.25) is 5.02 Å². The molecule has 1 aliphatic rings. The van der Waals surface area contributed by atoms with E-state index in [-0.39, 0.29) is 29.7 Å².